The van der Waals surface area contributed by atoms with Gasteiger partial charge in [-0.15, -0.1) is 24.8 Å². The van der Waals surface area contributed by atoms with E-state index in [9.17, 15) is 8.42 Å². The highest BCUT2D eigenvalue weighted by Gasteiger charge is 2.27. The third kappa shape index (κ3) is 10.8. The lowest BCUT2D eigenvalue weighted by atomic mass is 9.86. The number of halogens is 2. The average Bonchev–Trinajstić information content (AvgIpc) is 2.90. The van der Waals surface area contributed by atoms with Crippen LogP contribution in [0.15, 0.2) is 41.3 Å². The van der Waals surface area contributed by atoms with Gasteiger partial charge in [-0.2, -0.15) is 0 Å². The molecule has 2 aromatic rings. The van der Waals surface area contributed by atoms with Crippen LogP contribution in [0.4, 0.5) is 0 Å². The third-order valence-electron chi connectivity index (χ3n) is 7.45. The van der Waals surface area contributed by atoms with Crippen molar-refractivity contribution in [2.75, 3.05) is 46.7 Å². The van der Waals surface area contributed by atoms with Crippen LogP contribution in [-0.2, 0) is 29.1 Å². The molecule has 0 spiro atoms. The molecule has 9 heteroatoms. The van der Waals surface area contributed by atoms with Crippen LogP contribution < -0.4 is 14.8 Å². The molecule has 0 amide bonds. The molecule has 0 aromatic heterocycles. The molecule has 0 aliphatic heterocycles. The van der Waals surface area contributed by atoms with Crippen molar-refractivity contribution >= 4 is 34.7 Å². The molecule has 0 fully saturated rings. The van der Waals surface area contributed by atoms with Crippen molar-refractivity contribution in [3.63, 3.8) is 0 Å². The van der Waals surface area contributed by atoms with Crippen LogP contribution in [-0.4, -0.2) is 66.0 Å². The van der Waals surface area contributed by atoms with E-state index in [-0.39, 0.29) is 24.8 Å². The molecule has 0 radical (unpaired) electrons. The van der Waals surface area contributed by atoms with Gasteiger partial charge in [0.2, 0.25) is 0 Å². The molecule has 0 saturated heterocycles. The lowest BCUT2D eigenvalue weighted by Gasteiger charge is -2.36. The van der Waals surface area contributed by atoms with E-state index in [4.69, 9.17) is 9.47 Å². The summed E-state index contributed by atoms with van der Waals surface area (Å²) in [6.45, 7) is 6.58. The van der Waals surface area contributed by atoms with Gasteiger partial charge in [-0.3, -0.25) is 0 Å². The summed E-state index contributed by atoms with van der Waals surface area (Å²) in [6, 6.07) is 12.1. The highest BCUT2D eigenvalue weighted by atomic mass is 35.5. The van der Waals surface area contributed by atoms with E-state index >= 15 is 0 Å². The zero-order chi connectivity index (χ0) is 26.7. The first-order chi connectivity index (χ1) is 17.9. The van der Waals surface area contributed by atoms with Crippen molar-refractivity contribution in [2.24, 2.45) is 0 Å². The third-order valence-corrected chi connectivity index (χ3v) is 8.58. The minimum atomic E-state index is -3.12. The van der Waals surface area contributed by atoms with Crippen molar-refractivity contribution in [2.45, 2.75) is 75.6 Å². The summed E-state index contributed by atoms with van der Waals surface area (Å²) in [4.78, 5) is 3.10. The van der Waals surface area contributed by atoms with Crippen molar-refractivity contribution in [3.05, 3.63) is 53.1 Å². The van der Waals surface area contributed by atoms with Gasteiger partial charge >= 0.3 is 0 Å². The SMILES string of the molecule is CCCN(CCCCCCNCCc1ccc(S(C)(=O)=O)cc1)[C@H]1CCc2c(ccc(OC)c2OC)C1.Cl.Cl. The molecule has 1 aliphatic carbocycles. The summed E-state index contributed by atoms with van der Waals surface area (Å²) in [5.74, 6) is 1.75. The van der Waals surface area contributed by atoms with Crippen LogP contribution in [0.5, 0.6) is 11.5 Å². The number of fused-ring (bicyclic) bond motifs is 1. The van der Waals surface area contributed by atoms with Crippen LogP contribution in [0.2, 0.25) is 0 Å². The highest BCUT2D eigenvalue weighted by Crippen LogP contribution is 2.38. The fourth-order valence-corrected chi connectivity index (χ4v) is 6.05. The summed E-state index contributed by atoms with van der Waals surface area (Å²) < 4.78 is 34.3. The van der Waals surface area contributed by atoms with Crippen LogP contribution in [0.25, 0.3) is 0 Å². The van der Waals surface area contributed by atoms with E-state index in [1.54, 1.807) is 26.4 Å². The second-order valence-corrected chi connectivity index (χ2v) is 12.2. The molecular weight excluding hydrogens is 555 g/mol. The van der Waals surface area contributed by atoms with Gasteiger partial charge in [0.15, 0.2) is 21.3 Å². The van der Waals surface area contributed by atoms with Gasteiger partial charge < -0.3 is 19.7 Å². The monoisotopic (exact) mass is 602 g/mol. The number of nitrogens with zero attached hydrogens (tertiary/aromatic N) is 1. The number of hydrogen-bond acceptors (Lipinski definition) is 6. The maximum Gasteiger partial charge on any atom is 0.175 e. The van der Waals surface area contributed by atoms with E-state index in [1.165, 1.54) is 74.6 Å². The van der Waals surface area contributed by atoms with E-state index in [0.29, 0.717) is 10.9 Å². The first-order valence-electron chi connectivity index (χ1n) is 13.8. The molecule has 222 valence electrons. The molecule has 2 aromatic carbocycles. The molecule has 6 nitrogen and oxygen atoms in total. The second-order valence-electron chi connectivity index (χ2n) is 10.2. The van der Waals surface area contributed by atoms with Crippen molar-refractivity contribution in [3.8, 4) is 11.5 Å². The number of methoxy groups -OCH3 is 2. The Labute approximate surface area is 249 Å². The van der Waals surface area contributed by atoms with Gasteiger partial charge in [-0.1, -0.05) is 38.0 Å². The van der Waals surface area contributed by atoms with Crippen molar-refractivity contribution in [1.82, 2.24) is 10.2 Å². The van der Waals surface area contributed by atoms with Crippen molar-refractivity contribution < 1.29 is 17.9 Å². The minimum Gasteiger partial charge on any atom is -0.493 e. The Kier molecular flexibility index (Phi) is 16.4. The van der Waals surface area contributed by atoms with Gasteiger partial charge in [0.05, 0.1) is 19.1 Å². The lowest BCUT2D eigenvalue weighted by Crippen LogP contribution is -2.40. The number of unbranched alkanes of at least 4 members (excludes halogenated alkanes) is 3. The molecule has 1 N–H and O–H groups in total. The average molecular weight is 604 g/mol. The normalized spacial score (nSPS) is 14.7. The van der Waals surface area contributed by atoms with Crippen LogP contribution in [0.3, 0.4) is 0 Å². The molecule has 3 rings (SSSR count). The minimum absolute atomic E-state index is 0. The lowest BCUT2D eigenvalue weighted by molar-refractivity contribution is 0.175. The Morgan fingerprint density at radius 3 is 2.28 bits per heavy atom. The first kappa shape index (κ1) is 35.5. The zero-order valence-electron chi connectivity index (χ0n) is 24.0. The number of ether oxygens (including phenoxy) is 2. The topological polar surface area (TPSA) is 67.9 Å². The smallest absolute Gasteiger partial charge is 0.175 e. The Balaban J connectivity index is 0.00000380. The predicted octanol–water partition coefficient (Wildman–Crippen LogP) is 5.91. The quantitative estimate of drug-likeness (QED) is 0.241. The first-order valence-corrected chi connectivity index (χ1v) is 15.7. The molecule has 0 bridgehead atoms. The Hall–Kier alpha value is -1.51. The molecule has 0 saturated carbocycles. The van der Waals surface area contributed by atoms with Crippen LogP contribution >= 0.6 is 24.8 Å². The Morgan fingerprint density at radius 2 is 1.64 bits per heavy atom. The second kappa shape index (κ2) is 18.0. The molecule has 0 heterocycles. The number of hydrogen-bond donors (Lipinski definition) is 1. The van der Waals surface area contributed by atoms with Gasteiger partial charge in [-0.05, 0) is 100 Å². The van der Waals surface area contributed by atoms with Gasteiger partial charge in [0, 0.05) is 17.9 Å². The standard InChI is InChI=1S/C30H46N2O4S.2ClH/c1-5-21-32(26-13-16-28-25(23-26)12-17-29(35-2)30(28)36-3)22-9-7-6-8-19-31-20-18-24-10-14-27(15-11-24)37(4,33)34;;/h10-12,14-15,17,26,31H,5-9,13,16,18-23H2,1-4H3;2*1H/t26-;;/m0../s1. The highest BCUT2D eigenvalue weighted by molar-refractivity contribution is 7.90. The van der Waals surface area contributed by atoms with Crippen LogP contribution in [0.1, 0.15) is 62.1 Å². The fraction of sp³-hybridized carbons (Fsp3) is 0.600. The molecule has 0 unspecified atom stereocenters. The summed E-state index contributed by atoms with van der Waals surface area (Å²) in [7, 11) is 0.328. The van der Waals surface area contributed by atoms with E-state index in [0.717, 1.165) is 43.9 Å². The molecule has 39 heavy (non-hydrogen) atoms. The van der Waals surface area contributed by atoms with Crippen molar-refractivity contribution in [1.29, 1.82) is 0 Å². The fourth-order valence-electron chi connectivity index (χ4n) is 5.42. The van der Waals surface area contributed by atoms with Gasteiger partial charge in [-0.25, -0.2) is 8.42 Å². The number of rotatable bonds is 16. The number of benzene rings is 2. The van der Waals surface area contributed by atoms with E-state index in [1.807, 2.05) is 18.2 Å². The molecule has 1 aliphatic rings. The van der Waals surface area contributed by atoms with E-state index in [2.05, 4.69) is 23.2 Å². The van der Waals surface area contributed by atoms with Crippen LogP contribution in [0, 0.1) is 0 Å². The van der Waals surface area contributed by atoms with Gasteiger partial charge in [0.25, 0.3) is 0 Å². The summed E-state index contributed by atoms with van der Waals surface area (Å²) in [5, 5.41) is 3.53. The Morgan fingerprint density at radius 1 is 0.923 bits per heavy atom. The molecular formula is C30H48Cl2N2O4S. The predicted molar refractivity (Wildman–Crippen MR) is 166 cm³/mol. The summed E-state index contributed by atoms with van der Waals surface area (Å²) in [5.41, 5.74) is 3.90. The number of nitrogens with one attached hydrogen (secondary N) is 1. The maximum absolute atomic E-state index is 11.6. The number of sulfone groups is 1. The van der Waals surface area contributed by atoms with E-state index < -0.39 is 9.84 Å². The maximum atomic E-state index is 11.6. The summed E-state index contributed by atoms with van der Waals surface area (Å²) >= 11 is 0. The van der Waals surface area contributed by atoms with Gasteiger partial charge in [0.1, 0.15) is 0 Å². The summed E-state index contributed by atoms with van der Waals surface area (Å²) in [6.07, 6.45) is 11.6. The molecule has 1 atom stereocenters. The Bertz CT molecular complexity index is 1080. The largest absolute Gasteiger partial charge is 0.493 e. The zero-order valence-corrected chi connectivity index (χ0v) is 26.5.